The van der Waals surface area contributed by atoms with E-state index in [4.69, 9.17) is 4.99 Å². The maximum Gasteiger partial charge on any atom is 0.242 e. The van der Waals surface area contributed by atoms with Crippen LogP contribution in [0.5, 0.6) is 0 Å². The summed E-state index contributed by atoms with van der Waals surface area (Å²) in [4.78, 5) is 32.4. The third kappa shape index (κ3) is 4.29. The van der Waals surface area contributed by atoms with Gasteiger partial charge in [-0.2, -0.15) is 0 Å². The van der Waals surface area contributed by atoms with Crippen LogP contribution in [0.4, 0.5) is 11.4 Å². The van der Waals surface area contributed by atoms with E-state index >= 15 is 0 Å². The van der Waals surface area contributed by atoms with E-state index in [1.54, 1.807) is 0 Å². The van der Waals surface area contributed by atoms with Gasteiger partial charge in [0.25, 0.3) is 0 Å². The predicted octanol–water partition coefficient (Wildman–Crippen LogP) is 5.04. The number of anilines is 1. The van der Waals surface area contributed by atoms with Gasteiger partial charge in [0.2, 0.25) is 11.8 Å². The Kier molecular flexibility index (Phi) is 5.69. The number of amides is 2. The van der Waals surface area contributed by atoms with Crippen LogP contribution in [0.1, 0.15) is 41.5 Å². The van der Waals surface area contributed by atoms with Gasteiger partial charge in [0, 0.05) is 18.2 Å². The van der Waals surface area contributed by atoms with Gasteiger partial charge in [-0.1, -0.05) is 36.0 Å². The molecule has 0 unspecified atom stereocenters. The molecule has 1 atom stereocenters. The largest absolute Gasteiger partial charge is 0.326 e. The van der Waals surface area contributed by atoms with E-state index in [1.165, 1.54) is 22.9 Å². The molecule has 2 aliphatic rings. The molecular weight excluding hydrogens is 394 g/mol. The van der Waals surface area contributed by atoms with Crippen molar-refractivity contribution in [2.45, 2.75) is 58.2 Å². The molecule has 1 aliphatic heterocycles. The summed E-state index contributed by atoms with van der Waals surface area (Å²) >= 11 is 1.41. The number of aryl methyl sites for hydroxylation is 4. The van der Waals surface area contributed by atoms with Crippen molar-refractivity contribution in [3.8, 4) is 0 Å². The lowest BCUT2D eigenvalue weighted by Gasteiger charge is -2.15. The van der Waals surface area contributed by atoms with Crippen molar-refractivity contribution in [2.24, 2.45) is 4.99 Å². The zero-order chi connectivity index (χ0) is 21.4. The zero-order valence-corrected chi connectivity index (χ0v) is 18.7. The highest BCUT2D eigenvalue weighted by Gasteiger charge is 2.46. The Morgan fingerprint density at radius 2 is 1.77 bits per heavy atom. The van der Waals surface area contributed by atoms with Gasteiger partial charge in [-0.25, -0.2) is 4.99 Å². The zero-order valence-electron chi connectivity index (χ0n) is 17.9. The fraction of sp³-hybridized carbons (Fsp3) is 0.375. The highest BCUT2D eigenvalue weighted by molar-refractivity contribution is 8.15. The van der Waals surface area contributed by atoms with Gasteiger partial charge in [0.05, 0.1) is 5.69 Å². The maximum atomic E-state index is 13.1. The Bertz CT molecular complexity index is 1020. The molecule has 1 saturated heterocycles. The molecule has 1 N–H and O–H groups in total. The molecule has 4 rings (SSSR count). The van der Waals surface area contributed by atoms with Crippen molar-refractivity contribution in [1.82, 2.24) is 4.90 Å². The number of carbonyl (C=O) groups excluding carboxylic acids is 2. The average molecular weight is 422 g/mol. The van der Waals surface area contributed by atoms with Gasteiger partial charge in [0.1, 0.15) is 5.25 Å². The minimum atomic E-state index is -0.430. The molecule has 2 fully saturated rings. The second-order valence-corrected chi connectivity index (χ2v) is 9.40. The first kappa shape index (κ1) is 20.7. The number of hydrogen-bond donors (Lipinski definition) is 1. The van der Waals surface area contributed by atoms with Crippen LogP contribution in [0.15, 0.2) is 41.4 Å². The van der Waals surface area contributed by atoms with Gasteiger partial charge in [-0.05, 0) is 74.9 Å². The number of benzene rings is 2. The highest BCUT2D eigenvalue weighted by Crippen LogP contribution is 2.39. The smallest absolute Gasteiger partial charge is 0.242 e. The molecule has 0 bridgehead atoms. The summed E-state index contributed by atoms with van der Waals surface area (Å²) in [5.41, 5.74) is 6.11. The predicted molar refractivity (Wildman–Crippen MR) is 123 cm³/mol. The molecule has 30 heavy (non-hydrogen) atoms. The summed E-state index contributed by atoms with van der Waals surface area (Å²) in [7, 11) is 0. The number of para-hydroxylation sites is 1. The summed E-state index contributed by atoms with van der Waals surface area (Å²) < 4.78 is 0. The van der Waals surface area contributed by atoms with E-state index in [9.17, 15) is 9.59 Å². The number of rotatable bonds is 5. The first-order valence-electron chi connectivity index (χ1n) is 10.3. The van der Waals surface area contributed by atoms with Crippen molar-refractivity contribution in [3.63, 3.8) is 0 Å². The minimum absolute atomic E-state index is 0.00161. The molecule has 1 heterocycles. The fourth-order valence-corrected chi connectivity index (χ4v) is 4.85. The average Bonchev–Trinajstić information content (AvgIpc) is 3.47. The van der Waals surface area contributed by atoms with Crippen LogP contribution < -0.4 is 5.32 Å². The molecule has 0 radical (unpaired) electrons. The standard InChI is InChI=1S/C24H27N3O2S/c1-14-8-9-18(12-17(14)4)25-24-27(19-10-11-19)23(29)20(30-24)13-21(28)26-22-15(2)6-5-7-16(22)3/h5-9,12,19-20H,10-11,13H2,1-4H3,(H,26,28)/t20-/m0/s1. The van der Waals surface area contributed by atoms with Crippen molar-refractivity contribution >= 4 is 40.1 Å². The van der Waals surface area contributed by atoms with Gasteiger partial charge in [-0.15, -0.1) is 0 Å². The molecule has 6 heteroatoms. The van der Waals surface area contributed by atoms with E-state index in [1.807, 2.05) is 55.1 Å². The molecule has 5 nitrogen and oxygen atoms in total. The van der Waals surface area contributed by atoms with Crippen LogP contribution in [0.25, 0.3) is 0 Å². The Morgan fingerprint density at radius 3 is 2.40 bits per heavy atom. The van der Waals surface area contributed by atoms with Crippen LogP contribution in [-0.2, 0) is 9.59 Å². The Hall–Kier alpha value is -2.60. The van der Waals surface area contributed by atoms with Crippen molar-refractivity contribution in [3.05, 3.63) is 58.7 Å². The van der Waals surface area contributed by atoms with Gasteiger partial charge < -0.3 is 5.32 Å². The molecule has 2 aromatic rings. The molecule has 0 spiro atoms. The minimum Gasteiger partial charge on any atom is -0.326 e. The Labute approximate surface area is 182 Å². The number of nitrogens with zero attached hydrogens (tertiary/aromatic N) is 2. The molecule has 0 aromatic heterocycles. The maximum absolute atomic E-state index is 13.1. The summed E-state index contributed by atoms with van der Waals surface area (Å²) in [5.74, 6) is -0.136. The SMILES string of the molecule is Cc1ccc(N=C2S[C@@H](CC(=O)Nc3c(C)cccc3C)C(=O)N2C2CC2)cc1C. The molecule has 2 aromatic carbocycles. The quantitative estimate of drug-likeness (QED) is 0.735. The van der Waals surface area contributed by atoms with E-state index in [2.05, 4.69) is 19.2 Å². The summed E-state index contributed by atoms with van der Waals surface area (Å²) in [6.45, 7) is 8.08. The van der Waals surface area contributed by atoms with E-state index in [0.717, 1.165) is 40.5 Å². The van der Waals surface area contributed by atoms with Gasteiger partial charge >= 0.3 is 0 Å². The van der Waals surface area contributed by atoms with Crippen LogP contribution >= 0.6 is 11.8 Å². The van der Waals surface area contributed by atoms with Crippen molar-refractivity contribution in [2.75, 3.05) is 5.32 Å². The molecule has 2 amide bonds. The second kappa shape index (κ2) is 8.26. The third-order valence-electron chi connectivity index (χ3n) is 5.71. The first-order chi connectivity index (χ1) is 14.3. The summed E-state index contributed by atoms with van der Waals surface area (Å²) in [6.07, 6.45) is 2.14. The third-order valence-corrected chi connectivity index (χ3v) is 6.86. The first-order valence-corrected chi connectivity index (χ1v) is 11.2. The second-order valence-electron chi connectivity index (χ2n) is 8.23. The highest BCUT2D eigenvalue weighted by atomic mass is 32.2. The monoisotopic (exact) mass is 421 g/mol. The van der Waals surface area contributed by atoms with Crippen LogP contribution in [0, 0.1) is 27.7 Å². The lowest BCUT2D eigenvalue weighted by molar-refractivity contribution is -0.128. The van der Waals surface area contributed by atoms with E-state index in [0.29, 0.717) is 0 Å². The summed E-state index contributed by atoms with van der Waals surface area (Å²) in [5, 5.41) is 3.29. The van der Waals surface area contributed by atoms with Gasteiger partial charge in [-0.3, -0.25) is 14.5 Å². The van der Waals surface area contributed by atoms with Gasteiger partial charge in [0.15, 0.2) is 5.17 Å². The Balaban J connectivity index is 1.52. The normalized spacial score (nSPS) is 20.1. The topological polar surface area (TPSA) is 61.8 Å². The number of hydrogen-bond acceptors (Lipinski definition) is 4. The van der Waals surface area contributed by atoms with Crippen LogP contribution in [-0.4, -0.2) is 33.2 Å². The van der Waals surface area contributed by atoms with Crippen LogP contribution in [0.3, 0.4) is 0 Å². The van der Waals surface area contributed by atoms with Crippen LogP contribution in [0.2, 0.25) is 0 Å². The number of carbonyl (C=O) groups is 2. The van der Waals surface area contributed by atoms with Crippen molar-refractivity contribution in [1.29, 1.82) is 0 Å². The molecule has 156 valence electrons. The molecular formula is C24H27N3O2S. The Morgan fingerprint density at radius 1 is 1.07 bits per heavy atom. The van der Waals surface area contributed by atoms with Crippen molar-refractivity contribution < 1.29 is 9.59 Å². The number of nitrogens with one attached hydrogen (secondary N) is 1. The lowest BCUT2D eigenvalue weighted by atomic mass is 10.1. The summed E-state index contributed by atoms with van der Waals surface area (Å²) in [6, 6.07) is 12.2. The van der Waals surface area contributed by atoms with E-state index in [-0.39, 0.29) is 24.3 Å². The molecule has 1 aliphatic carbocycles. The number of aliphatic imine (C=N–C) groups is 1. The lowest BCUT2D eigenvalue weighted by Crippen LogP contribution is -2.35. The number of amidine groups is 1. The molecule has 1 saturated carbocycles. The number of thioether (sulfide) groups is 1. The fourth-order valence-electron chi connectivity index (χ4n) is 3.64. The van der Waals surface area contributed by atoms with E-state index < -0.39 is 5.25 Å².